The standard InChI is InChI=1S/C15H18N6O2/c22-14(8-18-15(23)13-2-1-7-17-13)20-11-3-5-12(6-4-11)21-10-16-9-19-21/h3-6,9-10,13,17H,1-2,7-8H2,(H,18,23)(H,20,22). The Morgan fingerprint density at radius 1 is 1.30 bits per heavy atom. The first-order valence-electron chi connectivity index (χ1n) is 7.48. The van der Waals surface area contributed by atoms with Crippen LogP contribution in [0.1, 0.15) is 12.8 Å². The van der Waals surface area contributed by atoms with E-state index in [0.717, 1.165) is 25.1 Å². The molecular weight excluding hydrogens is 296 g/mol. The fourth-order valence-corrected chi connectivity index (χ4v) is 2.44. The van der Waals surface area contributed by atoms with Gasteiger partial charge >= 0.3 is 0 Å². The molecule has 0 aliphatic carbocycles. The average Bonchev–Trinajstić information content (AvgIpc) is 3.26. The number of amides is 2. The van der Waals surface area contributed by atoms with Crippen molar-refractivity contribution in [2.45, 2.75) is 18.9 Å². The number of carbonyl (C=O) groups is 2. The lowest BCUT2D eigenvalue weighted by atomic mass is 10.2. The summed E-state index contributed by atoms with van der Waals surface area (Å²) in [5.41, 5.74) is 1.51. The maximum absolute atomic E-state index is 11.9. The number of hydrogen-bond acceptors (Lipinski definition) is 5. The van der Waals surface area contributed by atoms with Gasteiger partial charge in [-0.3, -0.25) is 9.59 Å². The van der Waals surface area contributed by atoms with E-state index in [-0.39, 0.29) is 24.4 Å². The van der Waals surface area contributed by atoms with Crippen LogP contribution in [0.4, 0.5) is 5.69 Å². The van der Waals surface area contributed by atoms with Crippen LogP contribution in [0.2, 0.25) is 0 Å². The number of nitrogens with zero attached hydrogens (tertiary/aromatic N) is 3. The lowest BCUT2D eigenvalue weighted by Gasteiger charge is -2.11. The zero-order chi connectivity index (χ0) is 16.1. The molecule has 1 unspecified atom stereocenters. The molecule has 1 fully saturated rings. The van der Waals surface area contributed by atoms with Gasteiger partial charge < -0.3 is 16.0 Å². The van der Waals surface area contributed by atoms with Crippen LogP contribution in [-0.4, -0.2) is 45.7 Å². The van der Waals surface area contributed by atoms with Crippen LogP contribution in [0, 0.1) is 0 Å². The molecule has 1 atom stereocenters. The fourth-order valence-electron chi connectivity index (χ4n) is 2.44. The highest BCUT2D eigenvalue weighted by Crippen LogP contribution is 2.12. The highest BCUT2D eigenvalue weighted by molar-refractivity contribution is 5.95. The van der Waals surface area contributed by atoms with Gasteiger partial charge in [0.25, 0.3) is 0 Å². The third kappa shape index (κ3) is 3.92. The van der Waals surface area contributed by atoms with Crippen LogP contribution in [0.5, 0.6) is 0 Å². The number of carbonyl (C=O) groups excluding carboxylic acids is 2. The van der Waals surface area contributed by atoms with Gasteiger partial charge in [-0.25, -0.2) is 9.67 Å². The summed E-state index contributed by atoms with van der Waals surface area (Å²) < 4.78 is 1.63. The van der Waals surface area contributed by atoms with Gasteiger partial charge in [0, 0.05) is 5.69 Å². The zero-order valence-corrected chi connectivity index (χ0v) is 12.5. The average molecular weight is 314 g/mol. The van der Waals surface area contributed by atoms with E-state index in [2.05, 4.69) is 26.0 Å². The van der Waals surface area contributed by atoms with Crippen molar-refractivity contribution >= 4 is 17.5 Å². The molecule has 0 radical (unpaired) electrons. The Morgan fingerprint density at radius 2 is 2.13 bits per heavy atom. The lowest BCUT2D eigenvalue weighted by molar-refractivity contribution is -0.125. The number of anilines is 1. The molecule has 0 saturated carbocycles. The van der Waals surface area contributed by atoms with E-state index < -0.39 is 0 Å². The Balaban J connectivity index is 1.48. The van der Waals surface area contributed by atoms with E-state index in [9.17, 15) is 9.59 Å². The van der Waals surface area contributed by atoms with Crippen LogP contribution in [0.15, 0.2) is 36.9 Å². The predicted molar refractivity (Wildman–Crippen MR) is 84.0 cm³/mol. The molecule has 3 N–H and O–H groups in total. The van der Waals surface area contributed by atoms with Gasteiger partial charge in [-0.2, -0.15) is 5.10 Å². The monoisotopic (exact) mass is 314 g/mol. The van der Waals surface area contributed by atoms with Crippen LogP contribution in [0.3, 0.4) is 0 Å². The fraction of sp³-hybridized carbons (Fsp3) is 0.333. The summed E-state index contributed by atoms with van der Waals surface area (Å²) in [6.07, 6.45) is 4.86. The first kappa shape index (κ1) is 15.2. The van der Waals surface area contributed by atoms with Gasteiger partial charge in [0.2, 0.25) is 11.8 Å². The first-order chi connectivity index (χ1) is 11.2. The number of aromatic nitrogens is 3. The minimum absolute atomic E-state index is 0.0398. The van der Waals surface area contributed by atoms with E-state index in [1.807, 2.05) is 12.1 Å². The minimum atomic E-state index is -0.259. The van der Waals surface area contributed by atoms with Crippen molar-refractivity contribution in [2.24, 2.45) is 0 Å². The van der Waals surface area contributed by atoms with Crippen LogP contribution in [-0.2, 0) is 9.59 Å². The predicted octanol–water partition coefficient (Wildman–Crippen LogP) is 0.0740. The Kier molecular flexibility index (Phi) is 4.62. The number of hydrogen-bond donors (Lipinski definition) is 3. The molecule has 2 amide bonds. The van der Waals surface area contributed by atoms with Gasteiger partial charge in [0.1, 0.15) is 12.7 Å². The van der Waals surface area contributed by atoms with Gasteiger partial charge in [-0.1, -0.05) is 0 Å². The van der Waals surface area contributed by atoms with Crippen molar-refractivity contribution in [1.29, 1.82) is 0 Å². The molecule has 1 saturated heterocycles. The largest absolute Gasteiger partial charge is 0.346 e. The van der Waals surface area contributed by atoms with Gasteiger partial charge in [-0.05, 0) is 43.7 Å². The summed E-state index contributed by atoms with van der Waals surface area (Å²) in [5.74, 6) is -0.385. The van der Waals surface area contributed by atoms with Crippen molar-refractivity contribution in [3.8, 4) is 5.69 Å². The summed E-state index contributed by atoms with van der Waals surface area (Å²) >= 11 is 0. The van der Waals surface area contributed by atoms with Crippen molar-refractivity contribution in [3.63, 3.8) is 0 Å². The van der Waals surface area contributed by atoms with E-state index in [0.29, 0.717) is 5.69 Å². The molecule has 1 aromatic heterocycles. The van der Waals surface area contributed by atoms with Gasteiger partial charge in [0.05, 0.1) is 18.3 Å². The van der Waals surface area contributed by atoms with Crippen LogP contribution >= 0.6 is 0 Å². The van der Waals surface area contributed by atoms with E-state index >= 15 is 0 Å². The second-order valence-electron chi connectivity index (χ2n) is 5.30. The molecule has 3 rings (SSSR count). The maximum Gasteiger partial charge on any atom is 0.243 e. The summed E-state index contributed by atoms with van der Waals surface area (Å²) in [5, 5.41) is 12.5. The first-order valence-corrected chi connectivity index (χ1v) is 7.48. The molecule has 1 aliphatic rings. The molecule has 8 nitrogen and oxygen atoms in total. The van der Waals surface area contributed by atoms with Crippen molar-refractivity contribution in [3.05, 3.63) is 36.9 Å². The third-order valence-corrected chi connectivity index (χ3v) is 3.63. The molecule has 2 aromatic rings. The van der Waals surface area contributed by atoms with E-state index in [1.165, 1.54) is 6.33 Å². The van der Waals surface area contributed by atoms with E-state index in [4.69, 9.17) is 0 Å². The third-order valence-electron chi connectivity index (χ3n) is 3.63. The molecule has 1 aliphatic heterocycles. The number of benzene rings is 1. The molecule has 2 heterocycles. The Bertz CT molecular complexity index is 662. The molecule has 23 heavy (non-hydrogen) atoms. The normalized spacial score (nSPS) is 17.0. The second kappa shape index (κ2) is 7.01. The number of rotatable bonds is 5. The highest BCUT2D eigenvalue weighted by Gasteiger charge is 2.21. The van der Waals surface area contributed by atoms with Gasteiger partial charge in [-0.15, -0.1) is 0 Å². The smallest absolute Gasteiger partial charge is 0.243 e. The maximum atomic E-state index is 11.9. The number of nitrogens with one attached hydrogen (secondary N) is 3. The van der Waals surface area contributed by atoms with E-state index in [1.54, 1.807) is 23.1 Å². The zero-order valence-electron chi connectivity index (χ0n) is 12.5. The van der Waals surface area contributed by atoms with Crippen LogP contribution < -0.4 is 16.0 Å². The summed E-state index contributed by atoms with van der Waals surface area (Å²) in [6, 6.07) is 7.02. The molecule has 0 bridgehead atoms. The quantitative estimate of drug-likeness (QED) is 0.725. The van der Waals surface area contributed by atoms with Crippen molar-refractivity contribution in [2.75, 3.05) is 18.4 Å². The minimum Gasteiger partial charge on any atom is -0.346 e. The summed E-state index contributed by atoms with van der Waals surface area (Å²) in [4.78, 5) is 27.6. The lowest BCUT2D eigenvalue weighted by Crippen LogP contribution is -2.43. The Labute approximate surface area is 133 Å². The van der Waals surface area contributed by atoms with Crippen LogP contribution in [0.25, 0.3) is 5.69 Å². The molecular formula is C15H18N6O2. The Morgan fingerprint density at radius 3 is 2.78 bits per heavy atom. The SMILES string of the molecule is O=C(CNC(=O)C1CCCN1)Nc1ccc(-n2cncn2)cc1. The summed E-state index contributed by atoms with van der Waals surface area (Å²) in [7, 11) is 0. The highest BCUT2D eigenvalue weighted by atomic mass is 16.2. The molecule has 120 valence electrons. The van der Waals surface area contributed by atoms with Crippen molar-refractivity contribution < 1.29 is 9.59 Å². The van der Waals surface area contributed by atoms with Gasteiger partial charge in [0.15, 0.2) is 0 Å². The molecule has 8 heteroatoms. The molecule has 0 spiro atoms. The van der Waals surface area contributed by atoms with Crippen molar-refractivity contribution in [1.82, 2.24) is 25.4 Å². The Hall–Kier alpha value is -2.74. The second-order valence-corrected chi connectivity index (χ2v) is 5.30. The summed E-state index contributed by atoms with van der Waals surface area (Å²) in [6.45, 7) is 0.810. The topological polar surface area (TPSA) is 101 Å². The molecule has 1 aromatic carbocycles.